The predicted octanol–water partition coefficient (Wildman–Crippen LogP) is 1.85. The van der Waals surface area contributed by atoms with Crippen molar-refractivity contribution in [3.05, 3.63) is 29.6 Å². The van der Waals surface area contributed by atoms with Gasteiger partial charge in [0.2, 0.25) is 0 Å². The molecule has 1 aromatic rings. The van der Waals surface area contributed by atoms with Crippen molar-refractivity contribution in [2.24, 2.45) is 5.84 Å². The highest BCUT2D eigenvalue weighted by atomic mass is 35.5. The minimum absolute atomic E-state index is 0.154. The molecule has 0 fully saturated rings. The number of hydrazine groups is 1. The third kappa shape index (κ3) is 1.82. The minimum atomic E-state index is -0.306. The van der Waals surface area contributed by atoms with E-state index in [1.165, 1.54) is 6.07 Å². The van der Waals surface area contributed by atoms with Gasteiger partial charge in [0.05, 0.1) is 5.88 Å². The molecule has 4 heteroatoms. The van der Waals surface area contributed by atoms with Crippen molar-refractivity contribution in [1.29, 1.82) is 0 Å². The molecule has 0 atom stereocenters. The number of hydrogen-bond acceptors (Lipinski definition) is 2. The summed E-state index contributed by atoms with van der Waals surface area (Å²) in [6.07, 6.45) is 0. The molecule has 60 valence electrons. The van der Waals surface area contributed by atoms with Crippen molar-refractivity contribution < 1.29 is 4.39 Å². The van der Waals surface area contributed by atoms with Gasteiger partial charge in [-0.25, -0.2) is 4.39 Å². The molecule has 0 radical (unpaired) electrons. The Kier molecular flexibility index (Phi) is 2.68. The van der Waals surface area contributed by atoms with E-state index in [2.05, 4.69) is 5.43 Å². The molecule has 0 spiro atoms. The fourth-order valence-electron chi connectivity index (χ4n) is 0.767. The van der Waals surface area contributed by atoms with Crippen LogP contribution in [0.15, 0.2) is 18.2 Å². The average Bonchev–Trinajstić information content (AvgIpc) is 2.05. The first kappa shape index (κ1) is 8.30. The smallest absolute Gasteiger partial charge is 0.127 e. The average molecular weight is 175 g/mol. The van der Waals surface area contributed by atoms with Crippen LogP contribution in [0.1, 0.15) is 5.56 Å². The first-order chi connectivity index (χ1) is 5.27. The van der Waals surface area contributed by atoms with Crippen LogP contribution in [0.25, 0.3) is 0 Å². The fraction of sp³-hybridized carbons (Fsp3) is 0.143. The van der Waals surface area contributed by atoms with Crippen LogP contribution in [0.3, 0.4) is 0 Å². The van der Waals surface area contributed by atoms with Crippen molar-refractivity contribution in [1.82, 2.24) is 0 Å². The van der Waals surface area contributed by atoms with Gasteiger partial charge in [-0.15, -0.1) is 11.6 Å². The van der Waals surface area contributed by atoms with Crippen LogP contribution in [0.4, 0.5) is 10.1 Å². The molecule has 0 amide bonds. The van der Waals surface area contributed by atoms with Crippen LogP contribution < -0.4 is 11.3 Å². The lowest BCUT2D eigenvalue weighted by molar-refractivity contribution is 0.617. The van der Waals surface area contributed by atoms with E-state index in [1.807, 2.05) is 0 Å². The number of benzene rings is 1. The molecule has 0 aliphatic heterocycles. The van der Waals surface area contributed by atoms with E-state index in [0.29, 0.717) is 11.3 Å². The lowest BCUT2D eigenvalue weighted by Crippen LogP contribution is -2.07. The highest BCUT2D eigenvalue weighted by molar-refractivity contribution is 6.17. The number of nitrogen functional groups attached to an aromatic ring is 1. The summed E-state index contributed by atoms with van der Waals surface area (Å²) >= 11 is 5.45. The first-order valence-electron chi connectivity index (χ1n) is 3.09. The quantitative estimate of drug-likeness (QED) is 0.408. The molecule has 2 nitrogen and oxygen atoms in total. The van der Waals surface area contributed by atoms with E-state index in [1.54, 1.807) is 12.1 Å². The van der Waals surface area contributed by atoms with Crippen LogP contribution in [0.2, 0.25) is 0 Å². The van der Waals surface area contributed by atoms with Crippen LogP contribution in [0, 0.1) is 5.82 Å². The SMILES string of the molecule is NNc1ccc(F)c(CCl)c1. The van der Waals surface area contributed by atoms with Crippen LogP contribution in [-0.2, 0) is 5.88 Å². The monoisotopic (exact) mass is 174 g/mol. The molecule has 0 aliphatic rings. The topological polar surface area (TPSA) is 38.0 Å². The number of alkyl halides is 1. The lowest BCUT2D eigenvalue weighted by Gasteiger charge is -2.02. The largest absolute Gasteiger partial charge is 0.324 e. The maximum absolute atomic E-state index is 12.8. The zero-order valence-corrected chi connectivity index (χ0v) is 6.53. The maximum Gasteiger partial charge on any atom is 0.127 e. The normalized spacial score (nSPS) is 9.73. The molecular weight excluding hydrogens is 167 g/mol. The molecule has 11 heavy (non-hydrogen) atoms. The number of hydrogen-bond donors (Lipinski definition) is 2. The number of anilines is 1. The Bertz CT molecular complexity index is 252. The van der Waals surface area contributed by atoms with E-state index in [4.69, 9.17) is 17.4 Å². The second-order valence-electron chi connectivity index (χ2n) is 2.08. The second-order valence-corrected chi connectivity index (χ2v) is 2.35. The summed E-state index contributed by atoms with van der Waals surface area (Å²) in [7, 11) is 0. The van der Waals surface area contributed by atoms with Crippen molar-refractivity contribution in [2.45, 2.75) is 5.88 Å². The van der Waals surface area contributed by atoms with Gasteiger partial charge in [-0.2, -0.15) is 0 Å². The maximum atomic E-state index is 12.8. The molecule has 0 aromatic heterocycles. The lowest BCUT2D eigenvalue weighted by atomic mass is 10.2. The van der Waals surface area contributed by atoms with Crippen LogP contribution in [-0.4, -0.2) is 0 Å². The van der Waals surface area contributed by atoms with E-state index in [9.17, 15) is 4.39 Å². The zero-order chi connectivity index (χ0) is 8.27. The Hall–Kier alpha value is -0.800. The summed E-state index contributed by atoms with van der Waals surface area (Å²) in [6, 6.07) is 4.45. The molecular formula is C7H8ClFN2. The van der Waals surface area contributed by atoms with Gasteiger partial charge in [0, 0.05) is 11.3 Å². The molecule has 1 rings (SSSR count). The summed E-state index contributed by atoms with van der Waals surface area (Å²) in [5, 5.41) is 0. The standard InChI is InChI=1S/C7H8ClFN2/c8-4-5-3-6(11-10)1-2-7(5)9/h1-3,11H,4,10H2. The van der Waals surface area contributed by atoms with Crippen LogP contribution >= 0.6 is 11.6 Å². The van der Waals surface area contributed by atoms with Crippen molar-refractivity contribution in [2.75, 3.05) is 5.43 Å². The Morgan fingerprint density at radius 2 is 2.27 bits per heavy atom. The first-order valence-corrected chi connectivity index (χ1v) is 3.62. The summed E-state index contributed by atoms with van der Waals surface area (Å²) in [6.45, 7) is 0. The van der Waals surface area contributed by atoms with Crippen molar-refractivity contribution >= 4 is 17.3 Å². The highest BCUT2D eigenvalue weighted by Gasteiger charge is 2.00. The molecule has 3 N–H and O–H groups in total. The molecule has 0 saturated heterocycles. The Morgan fingerprint density at radius 3 is 2.82 bits per heavy atom. The minimum Gasteiger partial charge on any atom is -0.324 e. The fourth-order valence-corrected chi connectivity index (χ4v) is 0.972. The van der Waals surface area contributed by atoms with Crippen LogP contribution in [0.5, 0.6) is 0 Å². The van der Waals surface area contributed by atoms with Crippen molar-refractivity contribution in [3.8, 4) is 0 Å². The summed E-state index contributed by atoms with van der Waals surface area (Å²) < 4.78 is 12.8. The third-order valence-corrected chi connectivity index (χ3v) is 1.64. The van der Waals surface area contributed by atoms with Gasteiger partial charge < -0.3 is 5.43 Å². The molecule has 0 bridgehead atoms. The molecule has 0 heterocycles. The summed E-state index contributed by atoms with van der Waals surface area (Å²) in [5.74, 6) is 4.96. The molecule has 0 aliphatic carbocycles. The highest BCUT2D eigenvalue weighted by Crippen LogP contribution is 2.15. The van der Waals surface area contributed by atoms with Gasteiger partial charge in [-0.05, 0) is 18.2 Å². The van der Waals surface area contributed by atoms with E-state index >= 15 is 0 Å². The molecule has 0 unspecified atom stereocenters. The van der Waals surface area contributed by atoms with Gasteiger partial charge in [-0.1, -0.05) is 0 Å². The van der Waals surface area contributed by atoms with Gasteiger partial charge in [0.25, 0.3) is 0 Å². The Labute approximate surface area is 69.1 Å². The molecule has 0 saturated carbocycles. The second kappa shape index (κ2) is 3.55. The number of nitrogens with two attached hydrogens (primary N) is 1. The van der Waals surface area contributed by atoms with E-state index < -0.39 is 0 Å². The van der Waals surface area contributed by atoms with E-state index in [-0.39, 0.29) is 11.7 Å². The van der Waals surface area contributed by atoms with E-state index in [0.717, 1.165) is 0 Å². The summed E-state index contributed by atoms with van der Waals surface area (Å²) in [4.78, 5) is 0. The number of rotatable bonds is 2. The van der Waals surface area contributed by atoms with Gasteiger partial charge in [0.15, 0.2) is 0 Å². The van der Waals surface area contributed by atoms with Crippen molar-refractivity contribution in [3.63, 3.8) is 0 Å². The van der Waals surface area contributed by atoms with Gasteiger partial charge in [-0.3, -0.25) is 5.84 Å². The Morgan fingerprint density at radius 1 is 1.55 bits per heavy atom. The predicted molar refractivity (Wildman–Crippen MR) is 43.8 cm³/mol. The Balaban J connectivity index is 3.02. The third-order valence-electron chi connectivity index (χ3n) is 1.36. The number of halogens is 2. The molecule has 1 aromatic carbocycles. The summed E-state index contributed by atoms with van der Waals surface area (Å²) in [5.41, 5.74) is 3.50. The number of nitrogens with one attached hydrogen (secondary N) is 1. The zero-order valence-electron chi connectivity index (χ0n) is 5.77. The van der Waals surface area contributed by atoms with Gasteiger partial charge in [0.1, 0.15) is 5.82 Å². The van der Waals surface area contributed by atoms with Gasteiger partial charge >= 0.3 is 0 Å².